The summed E-state index contributed by atoms with van der Waals surface area (Å²) < 4.78 is 23.6. The molecule has 2 saturated heterocycles. The van der Waals surface area contributed by atoms with Crippen LogP contribution in [0.5, 0.6) is 11.5 Å². The van der Waals surface area contributed by atoms with Gasteiger partial charge in [-0.25, -0.2) is 19.0 Å². The van der Waals surface area contributed by atoms with Crippen LogP contribution >= 0.6 is 12.4 Å². The molecular formula is C32H37ClFN7O3. The van der Waals surface area contributed by atoms with Crippen molar-refractivity contribution in [2.45, 2.75) is 50.4 Å². The smallest absolute Gasteiger partial charge is 0.317 e. The highest BCUT2D eigenvalue weighted by Crippen LogP contribution is 2.51. The van der Waals surface area contributed by atoms with E-state index in [0.29, 0.717) is 47.3 Å². The number of ether oxygens (including phenoxy) is 1. The Labute approximate surface area is 261 Å². The van der Waals surface area contributed by atoms with Gasteiger partial charge < -0.3 is 15.6 Å². The highest BCUT2D eigenvalue weighted by atomic mass is 35.5. The summed E-state index contributed by atoms with van der Waals surface area (Å²) in [7, 11) is 0. The summed E-state index contributed by atoms with van der Waals surface area (Å²) in [5.74, 6) is 0.999. The number of carbonyl (C=O) groups is 1. The fraction of sp³-hybridized carbons (Fsp3) is 0.438. The Bertz CT molecular complexity index is 1600. The first-order valence-electron chi connectivity index (χ1n) is 15.0. The molecule has 232 valence electrons. The Morgan fingerprint density at radius 1 is 1.02 bits per heavy atom. The van der Waals surface area contributed by atoms with E-state index in [0.717, 1.165) is 56.6 Å². The van der Waals surface area contributed by atoms with Gasteiger partial charge in [0.2, 0.25) is 0 Å². The van der Waals surface area contributed by atoms with E-state index in [-0.39, 0.29) is 24.4 Å². The fourth-order valence-electron chi connectivity index (χ4n) is 7.24. The lowest BCUT2D eigenvalue weighted by molar-refractivity contribution is -0.139. The standard InChI is InChI=1S/C32H36FN7O3.ClH/c33-25-18-39(22-16-32(17-22)11-14-38(15-12-32)19-27(41)42)13-10-26(25)40-31-28(30(34)35-20-36-31)29(37-40)21-6-8-24(9-7-21)43-23-4-2-1-3-5-23;/h1-9,20,22,25-26H,10-19H2,(H,41,42)(H2,34,35,36);1H/t25-,26-;/m1./s1. The summed E-state index contributed by atoms with van der Waals surface area (Å²) >= 11 is 0. The fourth-order valence-corrected chi connectivity index (χ4v) is 7.24. The Morgan fingerprint density at radius 2 is 1.73 bits per heavy atom. The van der Waals surface area contributed by atoms with Crippen LogP contribution in [0.2, 0.25) is 0 Å². The van der Waals surface area contributed by atoms with E-state index in [2.05, 4.69) is 14.9 Å². The zero-order valence-corrected chi connectivity index (χ0v) is 25.2. The van der Waals surface area contributed by atoms with Gasteiger partial charge in [-0.05, 0) is 87.0 Å². The number of carboxylic acid groups (broad SMARTS) is 1. The third kappa shape index (κ3) is 5.83. The van der Waals surface area contributed by atoms with Crippen molar-refractivity contribution in [2.75, 3.05) is 38.5 Å². The number of aromatic nitrogens is 4. The van der Waals surface area contributed by atoms with Gasteiger partial charge in [0.1, 0.15) is 35.5 Å². The van der Waals surface area contributed by atoms with Gasteiger partial charge in [0.05, 0.1) is 18.0 Å². The van der Waals surface area contributed by atoms with Crippen LogP contribution in [0.25, 0.3) is 22.3 Å². The van der Waals surface area contributed by atoms with Crippen LogP contribution in [-0.2, 0) is 4.79 Å². The SMILES string of the molecule is Cl.Nc1ncnc2c1c(-c1ccc(Oc3ccccc3)cc1)nn2[C@@H]1CCN(C2CC3(CCN(CC(=O)O)CC3)C2)C[C@H]1F. The van der Waals surface area contributed by atoms with Gasteiger partial charge in [-0.3, -0.25) is 14.6 Å². The van der Waals surface area contributed by atoms with Crippen LogP contribution in [0.1, 0.15) is 38.1 Å². The van der Waals surface area contributed by atoms with Crippen LogP contribution in [0.4, 0.5) is 10.2 Å². The molecule has 1 spiro atoms. The van der Waals surface area contributed by atoms with Crippen molar-refractivity contribution in [1.82, 2.24) is 29.5 Å². The topological polar surface area (TPSA) is 123 Å². The number of aliphatic carboxylic acids is 1. The number of hydrogen-bond acceptors (Lipinski definition) is 8. The third-order valence-corrected chi connectivity index (χ3v) is 9.61. The number of para-hydroxylation sites is 1. The molecule has 0 amide bonds. The molecule has 4 aromatic rings. The molecule has 2 atom stereocenters. The van der Waals surface area contributed by atoms with Gasteiger partial charge in [-0.2, -0.15) is 5.10 Å². The van der Waals surface area contributed by atoms with E-state index < -0.39 is 18.2 Å². The van der Waals surface area contributed by atoms with Crippen molar-refractivity contribution in [3.8, 4) is 22.8 Å². The molecule has 2 aliphatic heterocycles. The molecule has 3 fully saturated rings. The van der Waals surface area contributed by atoms with Gasteiger partial charge in [-0.1, -0.05) is 18.2 Å². The molecule has 1 saturated carbocycles. The number of rotatable bonds is 7. The minimum Gasteiger partial charge on any atom is -0.480 e. The van der Waals surface area contributed by atoms with E-state index in [4.69, 9.17) is 20.7 Å². The minimum atomic E-state index is -1.10. The average Bonchev–Trinajstić information content (AvgIpc) is 3.38. The molecule has 0 radical (unpaired) electrons. The molecule has 12 heteroatoms. The number of anilines is 1. The van der Waals surface area contributed by atoms with Crippen LogP contribution in [0.3, 0.4) is 0 Å². The van der Waals surface area contributed by atoms with Crippen molar-refractivity contribution in [2.24, 2.45) is 5.41 Å². The number of carboxylic acids is 1. The number of nitrogens with zero attached hydrogens (tertiary/aromatic N) is 6. The lowest BCUT2D eigenvalue weighted by atomic mass is 9.59. The second-order valence-corrected chi connectivity index (χ2v) is 12.3. The zero-order chi connectivity index (χ0) is 29.6. The predicted octanol–water partition coefficient (Wildman–Crippen LogP) is 5.20. The highest BCUT2D eigenvalue weighted by Gasteiger charge is 2.49. The number of alkyl halides is 1. The number of fused-ring (bicyclic) bond motifs is 1. The quantitative estimate of drug-likeness (QED) is 0.286. The number of piperidine rings is 2. The molecule has 3 aliphatic rings. The molecule has 7 rings (SSSR count). The van der Waals surface area contributed by atoms with Crippen molar-refractivity contribution in [1.29, 1.82) is 0 Å². The van der Waals surface area contributed by atoms with Gasteiger partial charge in [-0.15, -0.1) is 12.4 Å². The Hall–Kier alpha value is -3.80. The molecule has 3 N–H and O–H groups in total. The highest BCUT2D eigenvalue weighted by molar-refractivity contribution is 5.98. The Kier molecular flexibility index (Phi) is 8.45. The molecule has 1 aliphatic carbocycles. The summed E-state index contributed by atoms with van der Waals surface area (Å²) in [6.45, 7) is 2.93. The lowest BCUT2D eigenvalue weighted by Gasteiger charge is -2.56. The van der Waals surface area contributed by atoms with Crippen LogP contribution in [-0.4, -0.2) is 85.6 Å². The van der Waals surface area contributed by atoms with E-state index in [9.17, 15) is 4.79 Å². The Balaban J connectivity index is 0.00000343. The van der Waals surface area contributed by atoms with Crippen LogP contribution in [0, 0.1) is 5.41 Å². The lowest BCUT2D eigenvalue weighted by Crippen LogP contribution is -2.58. The third-order valence-electron chi connectivity index (χ3n) is 9.61. The van der Waals surface area contributed by atoms with E-state index in [1.54, 1.807) is 4.68 Å². The molecule has 0 unspecified atom stereocenters. The molecular weight excluding hydrogens is 585 g/mol. The largest absolute Gasteiger partial charge is 0.480 e. The minimum absolute atomic E-state index is 0. The first-order valence-corrected chi connectivity index (χ1v) is 15.0. The van der Waals surface area contributed by atoms with Crippen LogP contribution < -0.4 is 10.5 Å². The first-order chi connectivity index (χ1) is 20.9. The molecule has 2 aromatic heterocycles. The molecule has 44 heavy (non-hydrogen) atoms. The predicted molar refractivity (Wildman–Crippen MR) is 168 cm³/mol. The summed E-state index contributed by atoms with van der Waals surface area (Å²) in [6, 6.07) is 17.1. The van der Waals surface area contributed by atoms with Crippen molar-refractivity contribution >= 4 is 35.2 Å². The maximum absolute atomic E-state index is 16.0. The number of likely N-dealkylation sites (tertiary alicyclic amines) is 2. The number of nitrogen functional groups attached to an aromatic ring is 1. The molecule has 2 aromatic carbocycles. The van der Waals surface area contributed by atoms with E-state index >= 15 is 4.39 Å². The van der Waals surface area contributed by atoms with Crippen LogP contribution in [0.15, 0.2) is 60.9 Å². The maximum atomic E-state index is 16.0. The summed E-state index contributed by atoms with van der Waals surface area (Å²) in [4.78, 5) is 24.1. The first kappa shape index (κ1) is 30.2. The van der Waals surface area contributed by atoms with Crippen molar-refractivity contribution < 1.29 is 19.0 Å². The molecule has 4 heterocycles. The van der Waals surface area contributed by atoms with Gasteiger partial charge >= 0.3 is 5.97 Å². The second kappa shape index (κ2) is 12.3. The monoisotopic (exact) mass is 621 g/mol. The van der Waals surface area contributed by atoms with Crippen molar-refractivity contribution in [3.63, 3.8) is 0 Å². The number of benzene rings is 2. The maximum Gasteiger partial charge on any atom is 0.317 e. The number of hydrogen-bond donors (Lipinski definition) is 2. The molecule has 10 nitrogen and oxygen atoms in total. The average molecular weight is 622 g/mol. The summed E-state index contributed by atoms with van der Waals surface area (Å²) in [5.41, 5.74) is 8.61. The van der Waals surface area contributed by atoms with E-state index in [1.807, 2.05) is 59.5 Å². The zero-order valence-electron chi connectivity index (χ0n) is 24.4. The normalized spacial score (nSPS) is 22.4. The van der Waals surface area contributed by atoms with Crippen molar-refractivity contribution in [3.05, 3.63) is 60.9 Å². The van der Waals surface area contributed by atoms with Gasteiger partial charge in [0, 0.05) is 24.7 Å². The summed E-state index contributed by atoms with van der Waals surface area (Å²) in [5, 5.41) is 14.6. The summed E-state index contributed by atoms with van der Waals surface area (Å²) in [6.07, 6.45) is 5.11. The second-order valence-electron chi connectivity index (χ2n) is 12.3. The Morgan fingerprint density at radius 3 is 2.41 bits per heavy atom. The molecule has 0 bridgehead atoms. The van der Waals surface area contributed by atoms with Gasteiger partial charge in [0.15, 0.2) is 5.65 Å². The number of halogens is 2. The number of nitrogens with two attached hydrogens (primary N) is 1. The van der Waals surface area contributed by atoms with Gasteiger partial charge in [0.25, 0.3) is 0 Å². The van der Waals surface area contributed by atoms with E-state index in [1.165, 1.54) is 6.33 Å².